The standard InChI is InChI=1S/C13H21N3O2/c1-9(2)11(17)16-7-5-6-13(4,8-16)12-14-10(3)15-18-12/h9H,5-8H2,1-4H3/t13-/m0/s1. The predicted molar refractivity (Wildman–Crippen MR) is 67.0 cm³/mol. The molecule has 18 heavy (non-hydrogen) atoms. The molecule has 1 aromatic heterocycles. The van der Waals surface area contributed by atoms with Crippen LogP contribution in [0.5, 0.6) is 0 Å². The normalized spacial score (nSPS) is 24.6. The van der Waals surface area contributed by atoms with Crippen LogP contribution >= 0.6 is 0 Å². The molecule has 0 unspecified atom stereocenters. The number of carbonyl (C=O) groups excluding carboxylic acids is 1. The quantitative estimate of drug-likeness (QED) is 0.805. The lowest BCUT2D eigenvalue weighted by Gasteiger charge is -2.38. The van der Waals surface area contributed by atoms with Crippen molar-refractivity contribution in [3.05, 3.63) is 11.7 Å². The van der Waals surface area contributed by atoms with E-state index in [2.05, 4.69) is 17.1 Å². The van der Waals surface area contributed by atoms with Gasteiger partial charge in [-0.1, -0.05) is 19.0 Å². The lowest BCUT2D eigenvalue weighted by atomic mass is 9.81. The van der Waals surface area contributed by atoms with Gasteiger partial charge in [0.25, 0.3) is 0 Å². The molecule has 0 aliphatic carbocycles. The van der Waals surface area contributed by atoms with E-state index in [0.29, 0.717) is 18.3 Å². The molecule has 5 heteroatoms. The maximum Gasteiger partial charge on any atom is 0.234 e. The molecule has 0 saturated carbocycles. The lowest BCUT2D eigenvalue weighted by molar-refractivity contribution is -0.136. The van der Waals surface area contributed by atoms with Gasteiger partial charge in [-0.2, -0.15) is 4.98 Å². The van der Waals surface area contributed by atoms with Crippen LogP contribution in [0.25, 0.3) is 0 Å². The van der Waals surface area contributed by atoms with Gasteiger partial charge in [0.1, 0.15) is 0 Å². The maximum atomic E-state index is 12.1. The summed E-state index contributed by atoms with van der Waals surface area (Å²) in [5, 5.41) is 3.85. The van der Waals surface area contributed by atoms with Gasteiger partial charge in [0.05, 0.1) is 5.41 Å². The Bertz CT molecular complexity index is 441. The Kier molecular flexibility index (Phi) is 3.41. The molecule has 1 saturated heterocycles. The summed E-state index contributed by atoms with van der Waals surface area (Å²) in [4.78, 5) is 18.3. The van der Waals surface area contributed by atoms with Crippen LogP contribution in [0.1, 0.15) is 45.3 Å². The minimum Gasteiger partial charge on any atom is -0.341 e. The van der Waals surface area contributed by atoms with Crippen molar-refractivity contribution in [3.63, 3.8) is 0 Å². The Morgan fingerprint density at radius 3 is 2.78 bits per heavy atom. The highest BCUT2D eigenvalue weighted by Gasteiger charge is 2.39. The van der Waals surface area contributed by atoms with Crippen LogP contribution in [-0.4, -0.2) is 34.0 Å². The summed E-state index contributed by atoms with van der Waals surface area (Å²) in [7, 11) is 0. The van der Waals surface area contributed by atoms with E-state index in [4.69, 9.17) is 4.52 Å². The number of aromatic nitrogens is 2. The number of aryl methyl sites for hydroxylation is 1. The fourth-order valence-electron chi connectivity index (χ4n) is 2.51. The Labute approximate surface area is 108 Å². The van der Waals surface area contributed by atoms with E-state index in [-0.39, 0.29) is 17.2 Å². The third kappa shape index (κ3) is 2.40. The zero-order valence-electron chi connectivity index (χ0n) is 11.6. The molecule has 5 nitrogen and oxygen atoms in total. The molecular formula is C13H21N3O2. The second kappa shape index (κ2) is 4.71. The van der Waals surface area contributed by atoms with Crippen LogP contribution in [-0.2, 0) is 10.2 Å². The van der Waals surface area contributed by atoms with Gasteiger partial charge in [-0.25, -0.2) is 0 Å². The number of carbonyl (C=O) groups is 1. The van der Waals surface area contributed by atoms with Crippen LogP contribution in [0.4, 0.5) is 0 Å². The molecule has 1 atom stereocenters. The number of hydrogen-bond donors (Lipinski definition) is 0. The fourth-order valence-corrected chi connectivity index (χ4v) is 2.51. The predicted octanol–water partition coefficient (Wildman–Crippen LogP) is 1.91. The highest BCUT2D eigenvalue weighted by molar-refractivity contribution is 5.78. The second-order valence-corrected chi connectivity index (χ2v) is 5.73. The van der Waals surface area contributed by atoms with Gasteiger partial charge in [0.2, 0.25) is 11.8 Å². The van der Waals surface area contributed by atoms with Crippen molar-refractivity contribution in [1.29, 1.82) is 0 Å². The second-order valence-electron chi connectivity index (χ2n) is 5.73. The summed E-state index contributed by atoms with van der Waals surface area (Å²) in [6.45, 7) is 9.29. The molecular weight excluding hydrogens is 230 g/mol. The minimum absolute atomic E-state index is 0.0387. The minimum atomic E-state index is -0.204. The summed E-state index contributed by atoms with van der Waals surface area (Å²) >= 11 is 0. The van der Waals surface area contributed by atoms with Crippen LogP contribution in [0, 0.1) is 12.8 Å². The van der Waals surface area contributed by atoms with E-state index in [1.165, 1.54) is 0 Å². The Morgan fingerprint density at radius 1 is 1.50 bits per heavy atom. The van der Waals surface area contributed by atoms with Gasteiger partial charge in [-0.3, -0.25) is 4.79 Å². The molecule has 100 valence electrons. The molecule has 0 N–H and O–H groups in total. The van der Waals surface area contributed by atoms with E-state index in [1.807, 2.05) is 25.7 Å². The van der Waals surface area contributed by atoms with Crippen molar-refractivity contribution < 1.29 is 9.32 Å². The fraction of sp³-hybridized carbons (Fsp3) is 0.769. The van der Waals surface area contributed by atoms with Gasteiger partial charge >= 0.3 is 0 Å². The van der Waals surface area contributed by atoms with Crippen molar-refractivity contribution in [2.45, 2.75) is 46.0 Å². The number of piperidine rings is 1. The van der Waals surface area contributed by atoms with E-state index < -0.39 is 0 Å². The van der Waals surface area contributed by atoms with Crippen molar-refractivity contribution in [2.24, 2.45) is 5.92 Å². The van der Waals surface area contributed by atoms with Crippen LogP contribution < -0.4 is 0 Å². The number of amides is 1. The molecule has 1 aromatic rings. The van der Waals surface area contributed by atoms with Crippen LogP contribution in [0.15, 0.2) is 4.52 Å². The number of nitrogens with zero attached hydrogens (tertiary/aromatic N) is 3. The molecule has 0 aromatic carbocycles. The summed E-state index contributed by atoms with van der Waals surface area (Å²) in [5.41, 5.74) is -0.204. The molecule has 0 bridgehead atoms. The summed E-state index contributed by atoms with van der Waals surface area (Å²) < 4.78 is 5.30. The number of rotatable bonds is 2. The first-order valence-electron chi connectivity index (χ1n) is 6.52. The third-order valence-corrected chi connectivity index (χ3v) is 3.55. The van der Waals surface area contributed by atoms with Crippen molar-refractivity contribution in [1.82, 2.24) is 15.0 Å². The van der Waals surface area contributed by atoms with E-state index in [9.17, 15) is 4.79 Å². The first-order chi connectivity index (χ1) is 8.42. The van der Waals surface area contributed by atoms with Gasteiger partial charge in [0.15, 0.2) is 5.82 Å². The lowest BCUT2D eigenvalue weighted by Crippen LogP contribution is -2.48. The molecule has 1 aliphatic rings. The highest BCUT2D eigenvalue weighted by Crippen LogP contribution is 2.33. The average molecular weight is 251 g/mol. The monoisotopic (exact) mass is 251 g/mol. The van der Waals surface area contributed by atoms with Crippen LogP contribution in [0.2, 0.25) is 0 Å². The SMILES string of the molecule is Cc1noc([C@@]2(C)CCCN(C(=O)C(C)C)C2)n1. The van der Waals surface area contributed by atoms with E-state index >= 15 is 0 Å². The van der Waals surface area contributed by atoms with Crippen molar-refractivity contribution >= 4 is 5.91 Å². The Balaban J connectivity index is 2.17. The molecule has 0 spiro atoms. The third-order valence-electron chi connectivity index (χ3n) is 3.55. The smallest absolute Gasteiger partial charge is 0.234 e. The summed E-state index contributed by atoms with van der Waals surface area (Å²) in [5.74, 6) is 1.55. The topological polar surface area (TPSA) is 59.2 Å². The zero-order valence-corrected chi connectivity index (χ0v) is 11.6. The molecule has 1 aliphatic heterocycles. The van der Waals surface area contributed by atoms with Crippen LogP contribution in [0.3, 0.4) is 0 Å². The highest BCUT2D eigenvalue weighted by atomic mass is 16.5. The molecule has 2 heterocycles. The molecule has 1 fully saturated rings. The Morgan fingerprint density at radius 2 is 2.22 bits per heavy atom. The van der Waals surface area contributed by atoms with Gasteiger partial charge in [-0.15, -0.1) is 0 Å². The van der Waals surface area contributed by atoms with E-state index in [1.54, 1.807) is 0 Å². The van der Waals surface area contributed by atoms with E-state index in [0.717, 1.165) is 19.4 Å². The summed E-state index contributed by atoms with van der Waals surface area (Å²) in [6.07, 6.45) is 1.97. The van der Waals surface area contributed by atoms with Gasteiger partial charge in [-0.05, 0) is 26.7 Å². The van der Waals surface area contributed by atoms with Gasteiger partial charge in [0, 0.05) is 19.0 Å². The zero-order chi connectivity index (χ0) is 13.3. The van der Waals surface area contributed by atoms with Crippen molar-refractivity contribution in [3.8, 4) is 0 Å². The van der Waals surface area contributed by atoms with Gasteiger partial charge < -0.3 is 9.42 Å². The first kappa shape index (κ1) is 13.1. The number of likely N-dealkylation sites (tertiary alicyclic amines) is 1. The maximum absolute atomic E-state index is 12.1. The average Bonchev–Trinajstić information content (AvgIpc) is 2.75. The molecule has 1 amide bonds. The summed E-state index contributed by atoms with van der Waals surface area (Å²) in [6, 6.07) is 0. The van der Waals surface area contributed by atoms with Crippen molar-refractivity contribution in [2.75, 3.05) is 13.1 Å². The number of hydrogen-bond acceptors (Lipinski definition) is 4. The molecule has 2 rings (SSSR count). The largest absolute Gasteiger partial charge is 0.341 e. The Hall–Kier alpha value is -1.39. The first-order valence-corrected chi connectivity index (χ1v) is 6.52. The molecule has 0 radical (unpaired) electrons.